The molecule has 2 rings (SSSR count). The Labute approximate surface area is 94.1 Å². The van der Waals surface area contributed by atoms with Gasteiger partial charge in [-0.25, -0.2) is 4.98 Å². The maximum atomic E-state index is 10.2. The largest absolute Gasteiger partial charge is 0.388 e. The molecule has 1 aromatic rings. The molecule has 0 amide bonds. The summed E-state index contributed by atoms with van der Waals surface area (Å²) in [6.07, 6.45) is 4.10. The van der Waals surface area contributed by atoms with Gasteiger partial charge in [0.05, 0.1) is 5.60 Å². The lowest BCUT2D eigenvalue weighted by Gasteiger charge is -2.27. The average molecular weight is 227 g/mol. The van der Waals surface area contributed by atoms with Gasteiger partial charge < -0.3 is 10.0 Å². The molecule has 1 aromatic heterocycles. The molecule has 0 radical (unpaired) electrons. The SMILES string of the molecule is Cc1nsc(N(C)CC2(O)CCCC2)n1. The van der Waals surface area contributed by atoms with Gasteiger partial charge in [-0.05, 0) is 19.8 Å². The summed E-state index contributed by atoms with van der Waals surface area (Å²) in [5.41, 5.74) is -0.506. The van der Waals surface area contributed by atoms with Crippen LogP contribution in [-0.2, 0) is 0 Å². The molecule has 0 saturated heterocycles. The van der Waals surface area contributed by atoms with E-state index in [1.807, 2.05) is 18.9 Å². The molecule has 0 spiro atoms. The second kappa shape index (κ2) is 4.06. The third kappa shape index (κ3) is 2.46. The standard InChI is InChI=1S/C10H17N3OS/c1-8-11-9(15-12-8)13(2)7-10(14)5-3-4-6-10/h14H,3-7H2,1-2H3. The van der Waals surface area contributed by atoms with Crippen LogP contribution in [-0.4, -0.2) is 33.7 Å². The lowest BCUT2D eigenvalue weighted by Crippen LogP contribution is -2.39. The summed E-state index contributed by atoms with van der Waals surface area (Å²) in [6, 6.07) is 0. The Bertz CT molecular complexity index is 333. The van der Waals surface area contributed by atoms with Crippen molar-refractivity contribution in [3.8, 4) is 0 Å². The lowest BCUT2D eigenvalue weighted by molar-refractivity contribution is 0.0559. The fraction of sp³-hybridized carbons (Fsp3) is 0.800. The molecule has 4 nitrogen and oxygen atoms in total. The molecule has 1 aliphatic carbocycles. The molecule has 0 aliphatic heterocycles. The molecule has 1 saturated carbocycles. The zero-order chi connectivity index (χ0) is 10.9. The van der Waals surface area contributed by atoms with Crippen LogP contribution in [0.4, 0.5) is 5.13 Å². The number of likely N-dealkylation sites (N-methyl/N-ethyl adjacent to an activating group) is 1. The topological polar surface area (TPSA) is 49.2 Å². The van der Waals surface area contributed by atoms with Gasteiger partial charge in [0.25, 0.3) is 0 Å². The summed E-state index contributed by atoms with van der Waals surface area (Å²) < 4.78 is 4.14. The van der Waals surface area contributed by atoms with E-state index in [0.29, 0.717) is 6.54 Å². The quantitative estimate of drug-likeness (QED) is 0.852. The molecule has 0 atom stereocenters. The average Bonchev–Trinajstić information content (AvgIpc) is 2.75. The van der Waals surface area contributed by atoms with Crippen molar-refractivity contribution < 1.29 is 5.11 Å². The van der Waals surface area contributed by atoms with Crippen molar-refractivity contribution in [1.82, 2.24) is 9.36 Å². The second-order valence-corrected chi connectivity index (χ2v) is 5.14. The van der Waals surface area contributed by atoms with Crippen LogP contribution in [0.25, 0.3) is 0 Å². The Morgan fingerprint density at radius 1 is 1.47 bits per heavy atom. The predicted molar refractivity (Wildman–Crippen MR) is 61.3 cm³/mol. The van der Waals surface area contributed by atoms with E-state index in [-0.39, 0.29) is 0 Å². The Morgan fingerprint density at radius 3 is 2.67 bits per heavy atom. The van der Waals surface area contributed by atoms with E-state index in [2.05, 4.69) is 9.36 Å². The minimum Gasteiger partial charge on any atom is -0.388 e. The summed E-state index contributed by atoms with van der Waals surface area (Å²) in [5, 5.41) is 11.1. The highest BCUT2D eigenvalue weighted by atomic mass is 32.1. The highest BCUT2D eigenvalue weighted by Crippen LogP contribution is 2.31. The van der Waals surface area contributed by atoms with Crippen molar-refractivity contribution in [2.24, 2.45) is 0 Å². The Hall–Kier alpha value is -0.680. The van der Waals surface area contributed by atoms with E-state index in [9.17, 15) is 5.11 Å². The highest BCUT2D eigenvalue weighted by molar-refractivity contribution is 7.09. The Kier molecular flexibility index (Phi) is 2.93. The molecule has 84 valence electrons. The van der Waals surface area contributed by atoms with Crippen molar-refractivity contribution in [3.05, 3.63) is 5.82 Å². The first-order valence-corrected chi connectivity index (χ1v) is 6.10. The molecule has 5 heteroatoms. The van der Waals surface area contributed by atoms with Crippen LogP contribution in [0.5, 0.6) is 0 Å². The molecule has 0 unspecified atom stereocenters. The van der Waals surface area contributed by atoms with Crippen LogP contribution in [0.1, 0.15) is 31.5 Å². The summed E-state index contributed by atoms with van der Waals surface area (Å²) in [7, 11) is 1.97. The third-order valence-corrected chi connectivity index (χ3v) is 3.83. The van der Waals surface area contributed by atoms with Gasteiger partial charge in [-0.3, -0.25) is 0 Å². The van der Waals surface area contributed by atoms with Crippen molar-refractivity contribution in [3.63, 3.8) is 0 Å². The number of aryl methyl sites for hydroxylation is 1. The van der Waals surface area contributed by atoms with Gasteiger partial charge >= 0.3 is 0 Å². The summed E-state index contributed by atoms with van der Waals surface area (Å²) in [5.74, 6) is 0.806. The van der Waals surface area contributed by atoms with Crippen molar-refractivity contribution in [1.29, 1.82) is 0 Å². The normalized spacial score (nSPS) is 19.4. The van der Waals surface area contributed by atoms with Crippen LogP contribution in [0.3, 0.4) is 0 Å². The van der Waals surface area contributed by atoms with Crippen molar-refractivity contribution in [2.45, 2.75) is 38.2 Å². The molecule has 1 fully saturated rings. The van der Waals surface area contributed by atoms with Gasteiger partial charge in [-0.1, -0.05) is 12.8 Å². The minimum absolute atomic E-state index is 0.506. The van der Waals surface area contributed by atoms with Crippen LogP contribution >= 0.6 is 11.5 Å². The maximum Gasteiger partial charge on any atom is 0.205 e. The van der Waals surface area contributed by atoms with E-state index < -0.39 is 5.60 Å². The molecular formula is C10H17N3OS. The number of hydrogen-bond acceptors (Lipinski definition) is 5. The summed E-state index contributed by atoms with van der Waals surface area (Å²) >= 11 is 1.39. The number of hydrogen-bond donors (Lipinski definition) is 1. The van der Waals surface area contributed by atoms with Crippen LogP contribution in [0.15, 0.2) is 0 Å². The van der Waals surface area contributed by atoms with Crippen LogP contribution in [0, 0.1) is 6.92 Å². The number of anilines is 1. The lowest BCUT2D eigenvalue weighted by atomic mass is 10.0. The molecule has 1 aliphatic rings. The number of rotatable bonds is 3. The smallest absolute Gasteiger partial charge is 0.205 e. The molecule has 1 heterocycles. The monoisotopic (exact) mass is 227 g/mol. The van der Waals surface area contributed by atoms with E-state index in [0.717, 1.165) is 36.6 Å². The zero-order valence-corrected chi connectivity index (χ0v) is 10.0. The molecule has 0 aromatic carbocycles. The van der Waals surface area contributed by atoms with E-state index in [1.165, 1.54) is 11.5 Å². The number of aliphatic hydroxyl groups is 1. The molecule has 0 bridgehead atoms. The fourth-order valence-electron chi connectivity index (χ4n) is 2.14. The maximum absolute atomic E-state index is 10.2. The van der Waals surface area contributed by atoms with E-state index in [4.69, 9.17) is 0 Å². The van der Waals surface area contributed by atoms with Crippen molar-refractivity contribution >= 4 is 16.7 Å². The molecule has 15 heavy (non-hydrogen) atoms. The van der Waals surface area contributed by atoms with Gasteiger partial charge in [0.15, 0.2) is 0 Å². The Balaban J connectivity index is 2.00. The Morgan fingerprint density at radius 2 is 2.13 bits per heavy atom. The van der Waals surface area contributed by atoms with E-state index in [1.54, 1.807) is 0 Å². The molecular weight excluding hydrogens is 210 g/mol. The van der Waals surface area contributed by atoms with Gasteiger partial charge in [-0.15, -0.1) is 0 Å². The van der Waals surface area contributed by atoms with Gasteiger partial charge in [0.2, 0.25) is 5.13 Å². The van der Waals surface area contributed by atoms with Crippen LogP contribution in [0.2, 0.25) is 0 Å². The summed E-state index contributed by atoms with van der Waals surface area (Å²) in [4.78, 5) is 6.32. The van der Waals surface area contributed by atoms with Gasteiger partial charge in [-0.2, -0.15) is 4.37 Å². The number of aromatic nitrogens is 2. The van der Waals surface area contributed by atoms with Crippen molar-refractivity contribution in [2.75, 3.05) is 18.5 Å². The highest BCUT2D eigenvalue weighted by Gasteiger charge is 2.32. The van der Waals surface area contributed by atoms with Gasteiger partial charge in [0.1, 0.15) is 5.82 Å². The second-order valence-electron chi connectivity index (χ2n) is 4.41. The fourth-order valence-corrected chi connectivity index (χ4v) is 2.77. The first-order chi connectivity index (χ1) is 7.09. The third-order valence-electron chi connectivity index (χ3n) is 2.91. The van der Waals surface area contributed by atoms with E-state index >= 15 is 0 Å². The predicted octanol–water partition coefficient (Wildman–Crippen LogP) is 1.59. The first-order valence-electron chi connectivity index (χ1n) is 5.33. The van der Waals surface area contributed by atoms with Gasteiger partial charge in [0, 0.05) is 25.1 Å². The van der Waals surface area contributed by atoms with Crippen LogP contribution < -0.4 is 4.90 Å². The number of nitrogens with zero attached hydrogens (tertiary/aromatic N) is 3. The summed E-state index contributed by atoms with van der Waals surface area (Å²) in [6.45, 7) is 2.56. The first kappa shape index (κ1) is 10.8. The minimum atomic E-state index is -0.506. The molecule has 1 N–H and O–H groups in total. The zero-order valence-electron chi connectivity index (χ0n) is 9.23.